The highest BCUT2D eigenvalue weighted by Crippen LogP contribution is 2.41. The number of alkyl carbamates (subject to hydrolysis) is 1. The van der Waals surface area contributed by atoms with Gasteiger partial charge < -0.3 is 10.1 Å². The fourth-order valence-electron chi connectivity index (χ4n) is 2.08. The van der Waals surface area contributed by atoms with Gasteiger partial charge in [0.25, 0.3) is 0 Å². The zero-order chi connectivity index (χ0) is 14.0. The second kappa shape index (κ2) is 5.29. The van der Waals surface area contributed by atoms with Crippen LogP contribution in [0.5, 0.6) is 0 Å². The molecule has 1 aliphatic carbocycles. The Morgan fingerprint density at radius 3 is 2.17 bits per heavy atom. The van der Waals surface area contributed by atoms with Crippen LogP contribution in [0.1, 0.15) is 60.3 Å². The van der Waals surface area contributed by atoms with Gasteiger partial charge in [0.2, 0.25) is 0 Å². The molecule has 0 aromatic heterocycles. The summed E-state index contributed by atoms with van der Waals surface area (Å²) in [6, 6.07) is 0. The zero-order valence-corrected chi connectivity index (χ0v) is 12.1. The standard InChI is InChI=1S/C14H25NO3/c1-6-11(16)9-14(5,10-7-8-10)15-12(17)18-13(2,3)4/h10H,6-9H2,1-5H3,(H,15,17). The highest BCUT2D eigenvalue weighted by Gasteiger charge is 2.44. The van der Waals surface area contributed by atoms with Crippen molar-refractivity contribution in [2.24, 2.45) is 5.92 Å². The molecule has 0 radical (unpaired) electrons. The Bertz CT molecular complexity index is 328. The maximum Gasteiger partial charge on any atom is 0.408 e. The van der Waals surface area contributed by atoms with Crippen molar-refractivity contribution in [3.8, 4) is 0 Å². The van der Waals surface area contributed by atoms with Crippen LogP contribution in [0.25, 0.3) is 0 Å². The highest BCUT2D eigenvalue weighted by atomic mass is 16.6. The maximum absolute atomic E-state index is 11.8. The zero-order valence-electron chi connectivity index (χ0n) is 12.1. The number of Topliss-reactive ketones (excluding diaryl/α,β-unsaturated/α-hetero) is 1. The van der Waals surface area contributed by atoms with E-state index in [1.54, 1.807) is 0 Å². The summed E-state index contributed by atoms with van der Waals surface area (Å²) in [5.41, 5.74) is -0.960. The summed E-state index contributed by atoms with van der Waals surface area (Å²) in [6.45, 7) is 9.29. The fraction of sp³-hybridized carbons (Fsp3) is 0.857. The van der Waals surface area contributed by atoms with Gasteiger partial charge in [0.1, 0.15) is 11.4 Å². The molecular weight excluding hydrogens is 230 g/mol. The van der Waals surface area contributed by atoms with E-state index in [-0.39, 0.29) is 5.78 Å². The number of ether oxygens (including phenoxy) is 1. The number of hydrogen-bond donors (Lipinski definition) is 1. The quantitative estimate of drug-likeness (QED) is 0.821. The predicted octanol–water partition coefficient (Wildman–Crippen LogP) is 3.05. The fourth-order valence-corrected chi connectivity index (χ4v) is 2.08. The van der Waals surface area contributed by atoms with Crippen molar-refractivity contribution in [3.63, 3.8) is 0 Å². The minimum Gasteiger partial charge on any atom is -0.444 e. The molecule has 1 fully saturated rings. The summed E-state index contributed by atoms with van der Waals surface area (Å²) in [5.74, 6) is 0.584. The summed E-state index contributed by atoms with van der Waals surface area (Å²) >= 11 is 0. The Morgan fingerprint density at radius 2 is 1.78 bits per heavy atom. The molecule has 0 aliphatic heterocycles. The Morgan fingerprint density at radius 1 is 1.22 bits per heavy atom. The van der Waals surface area contributed by atoms with Gasteiger partial charge in [0, 0.05) is 12.8 Å². The van der Waals surface area contributed by atoms with Crippen LogP contribution >= 0.6 is 0 Å². The average molecular weight is 255 g/mol. The van der Waals surface area contributed by atoms with Gasteiger partial charge >= 0.3 is 6.09 Å². The van der Waals surface area contributed by atoms with Crippen molar-refractivity contribution in [1.29, 1.82) is 0 Å². The molecule has 1 atom stereocenters. The molecule has 4 heteroatoms. The molecule has 4 nitrogen and oxygen atoms in total. The molecule has 1 amide bonds. The predicted molar refractivity (Wildman–Crippen MR) is 70.4 cm³/mol. The third kappa shape index (κ3) is 4.67. The third-order valence-corrected chi connectivity index (χ3v) is 3.22. The second-order valence-electron chi connectivity index (χ2n) is 6.39. The van der Waals surface area contributed by atoms with E-state index in [4.69, 9.17) is 4.74 Å². The molecule has 0 saturated heterocycles. The van der Waals surface area contributed by atoms with Crippen molar-refractivity contribution in [3.05, 3.63) is 0 Å². The van der Waals surface area contributed by atoms with Crippen LogP contribution in [0, 0.1) is 5.92 Å². The molecule has 1 unspecified atom stereocenters. The molecule has 104 valence electrons. The maximum atomic E-state index is 11.8. The Balaban J connectivity index is 2.62. The number of nitrogens with one attached hydrogen (secondary N) is 1. The van der Waals surface area contributed by atoms with Gasteiger partial charge in [-0.2, -0.15) is 0 Å². The second-order valence-corrected chi connectivity index (χ2v) is 6.39. The van der Waals surface area contributed by atoms with E-state index >= 15 is 0 Å². The first-order chi connectivity index (χ1) is 8.16. The van der Waals surface area contributed by atoms with Crippen molar-refractivity contribution in [2.75, 3.05) is 0 Å². The first kappa shape index (κ1) is 15.0. The van der Waals surface area contributed by atoms with Crippen LogP contribution in [0.2, 0.25) is 0 Å². The van der Waals surface area contributed by atoms with Gasteiger partial charge in [-0.05, 0) is 46.5 Å². The molecule has 0 aromatic rings. The first-order valence-electron chi connectivity index (χ1n) is 6.69. The lowest BCUT2D eigenvalue weighted by molar-refractivity contribution is -0.120. The largest absolute Gasteiger partial charge is 0.444 e. The van der Waals surface area contributed by atoms with Gasteiger partial charge in [-0.1, -0.05) is 6.92 Å². The molecule has 1 N–H and O–H groups in total. The first-order valence-corrected chi connectivity index (χ1v) is 6.69. The normalized spacial score (nSPS) is 18.9. The van der Waals surface area contributed by atoms with Gasteiger partial charge in [-0.3, -0.25) is 4.79 Å². The monoisotopic (exact) mass is 255 g/mol. The molecule has 0 bridgehead atoms. The lowest BCUT2D eigenvalue weighted by Gasteiger charge is -2.31. The summed E-state index contributed by atoms with van der Waals surface area (Å²) in [5, 5.41) is 2.90. The Kier molecular flexibility index (Phi) is 4.41. The van der Waals surface area contributed by atoms with E-state index in [0.717, 1.165) is 12.8 Å². The summed E-state index contributed by atoms with van der Waals surface area (Å²) in [6.07, 6.45) is 2.62. The van der Waals surface area contributed by atoms with E-state index in [0.29, 0.717) is 18.8 Å². The van der Waals surface area contributed by atoms with E-state index < -0.39 is 17.2 Å². The lowest BCUT2D eigenvalue weighted by Crippen LogP contribution is -2.50. The molecule has 1 rings (SSSR count). The van der Waals surface area contributed by atoms with Crippen LogP contribution in [0.4, 0.5) is 4.79 Å². The molecule has 1 aliphatic rings. The number of carbonyl (C=O) groups is 2. The smallest absolute Gasteiger partial charge is 0.408 e. The summed E-state index contributed by atoms with van der Waals surface area (Å²) < 4.78 is 5.27. The third-order valence-electron chi connectivity index (χ3n) is 3.22. The average Bonchev–Trinajstić information content (AvgIpc) is 2.96. The van der Waals surface area contributed by atoms with Crippen LogP contribution in [0.3, 0.4) is 0 Å². The molecule has 0 spiro atoms. The molecule has 0 heterocycles. The topological polar surface area (TPSA) is 55.4 Å². The lowest BCUT2D eigenvalue weighted by atomic mass is 9.89. The van der Waals surface area contributed by atoms with Crippen LogP contribution in [-0.2, 0) is 9.53 Å². The number of amides is 1. The molecule has 1 saturated carbocycles. The van der Waals surface area contributed by atoms with Gasteiger partial charge in [0.05, 0.1) is 5.54 Å². The van der Waals surface area contributed by atoms with Crippen molar-refractivity contribution in [1.82, 2.24) is 5.32 Å². The van der Waals surface area contributed by atoms with Crippen molar-refractivity contribution in [2.45, 2.75) is 71.4 Å². The van der Waals surface area contributed by atoms with Crippen LogP contribution in [-0.4, -0.2) is 23.0 Å². The number of hydrogen-bond acceptors (Lipinski definition) is 3. The minimum atomic E-state index is -0.511. The Hall–Kier alpha value is -1.06. The molecular formula is C14H25NO3. The van der Waals surface area contributed by atoms with E-state index in [2.05, 4.69) is 5.32 Å². The van der Waals surface area contributed by atoms with Gasteiger partial charge in [-0.15, -0.1) is 0 Å². The highest BCUT2D eigenvalue weighted by molar-refractivity contribution is 5.80. The Labute approximate surface area is 109 Å². The van der Waals surface area contributed by atoms with Crippen molar-refractivity contribution >= 4 is 11.9 Å². The van der Waals surface area contributed by atoms with Crippen LogP contribution < -0.4 is 5.32 Å². The van der Waals surface area contributed by atoms with Gasteiger partial charge in [0.15, 0.2) is 0 Å². The number of carbonyl (C=O) groups excluding carboxylic acids is 2. The molecule has 18 heavy (non-hydrogen) atoms. The SMILES string of the molecule is CCC(=O)CC(C)(NC(=O)OC(C)(C)C)C1CC1. The van der Waals surface area contributed by atoms with Crippen molar-refractivity contribution < 1.29 is 14.3 Å². The van der Waals surface area contributed by atoms with E-state index in [1.165, 1.54) is 0 Å². The van der Waals surface area contributed by atoms with Crippen LogP contribution in [0.15, 0.2) is 0 Å². The summed E-state index contributed by atoms with van der Waals surface area (Å²) in [7, 11) is 0. The number of ketones is 1. The number of rotatable bonds is 5. The van der Waals surface area contributed by atoms with E-state index in [1.807, 2.05) is 34.6 Å². The molecule has 0 aromatic carbocycles. The van der Waals surface area contributed by atoms with Gasteiger partial charge in [-0.25, -0.2) is 4.79 Å². The summed E-state index contributed by atoms with van der Waals surface area (Å²) in [4.78, 5) is 23.5. The minimum absolute atomic E-state index is 0.181. The van der Waals surface area contributed by atoms with E-state index in [9.17, 15) is 9.59 Å².